The van der Waals surface area contributed by atoms with E-state index in [1.165, 1.54) is 0 Å². The fraction of sp³-hybridized carbons (Fsp3) is 0.273. The average molecular weight is 345 g/mol. The number of para-hydroxylation sites is 2. The molecule has 4 heteroatoms. The molecule has 4 nitrogen and oxygen atoms in total. The van der Waals surface area contributed by atoms with Gasteiger partial charge >= 0.3 is 0 Å². The number of nitriles is 1. The molecule has 0 amide bonds. The molecule has 0 aliphatic rings. The lowest BCUT2D eigenvalue weighted by molar-refractivity contribution is 0.289. The van der Waals surface area contributed by atoms with Gasteiger partial charge in [-0.3, -0.25) is 0 Å². The van der Waals surface area contributed by atoms with Crippen LogP contribution in [0, 0.1) is 17.2 Å². The monoisotopic (exact) mass is 345 g/mol. The minimum atomic E-state index is 0.539. The first kappa shape index (κ1) is 17.8. The molecular weight excluding hydrogens is 322 g/mol. The highest BCUT2D eigenvalue weighted by Gasteiger charge is 2.11. The van der Waals surface area contributed by atoms with Crippen LogP contribution in [-0.4, -0.2) is 16.2 Å². The van der Waals surface area contributed by atoms with Crippen molar-refractivity contribution in [2.24, 2.45) is 13.0 Å². The van der Waals surface area contributed by atoms with E-state index in [-0.39, 0.29) is 0 Å². The van der Waals surface area contributed by atoms with Crippen molar-refractivity contribution < 1.29 is 4.74 Å². The number of benzene rings is 2. The van der Waals surface area contributed by atoms with Gasteiger partial charge in [0.15, 0.2) is 5.82 Å². The molecule has 3 rings (SSSR count). The summed E-state index contributed by atoms with van der Waals surface area (Å²) >= 11 is 0. The van der Waals surface area contributed by atoms with Crippen LogP contribution in [0.5, 0.6) is 5.75 Å². The smallest absolute Gasteiger partial charge is 0.151 e. The summed E-state index contributed by atoms with van der Waals surface area (Å²) in [7, 11) is 1.93. The lowest BCUT2D eigenvalue weighted by Crippen LogP contribution is -2.01. The first-order valence-electron chi connectivity index (χ1n) is 8.85. The number of hydrogen-bond donors (Lipinski definition) is 0. The first-order valence-corrected chi connectivity index (χ1v) is 8.85. The van der Waals surface area contributed by atoms with E-state index < -0.39 is 0 Å². The normalized spacial score (nSPS) is 11.7. The Hall–Kier alpha value is -3.06. The van der Waals surface area contributed by atoms with Crippen LogP contribution in [-0.2, 0) is 7.05 Å². The molecule has 0 fully saturated rings. The molecule has 26 heavy (non-hydrogen) atoms. The topological polar surface area (TPSA) is 50.8 Å². The standard InChI is InChI=1S/C22H23N3O/c1-16(2)12-13-26-19-10-8-17(9-11-19)14-18(15-23)22-24-20-6-4-5-7-21(20)25(22)3/h4-11,14,16H,12-13H2,1-3H3/b18-14+. The molecule has 0 spiro atoms. The van der Waals surface area contributed by atoms with Crippen LogP contribution in [0.3, 0.4) is 0 Å². The number of hydrogen-bond acceptors (Lipinski definition) is 3. The van der Waals surface area contributed by atoms with E-state index in [0.717, 1.165) is 35.4 Å². The molecule has 1 heterocycles. The van der Waals surface area contributed by atoms with E-state index in [0.29, 0.717) is 17.3 Å². The third-order valence-electron chi connectivity index (χ3n) is 4.30. The number of imidazole rings is 1. The van der Waals surface area contributed by atoms with Gasteiger partial charge in [0.2, 0.25) is 0 Å². The Morgan fingerprint density at radius 1 is 1.19 bits per heavy atom. The molecule has 0 unspecified atom stereocenters. The van der Waals surface area contributed by atoms with Gasteiger partial charge in [-0.1, -0.05) is 38.1 Å². The summed E-state index contributed by atoms with van der Waals surface area (Å²) in [5, 5.41) is 9.62. The third-order valence-corrected chi connectivity index (χ3v) is 4.30. The minimum Gasteiger partial charge on any atom is -0.494 e. The van der Waals surface area contributed by atoms with Gasteiger partial charge in [0.25, 0.3) is 0 Å². The van der Waals surface area contributed by atoms with Gasteiger partial charge in [0.1, 0.15) is 11.8 Å². The van der Waals surface area contributed by atoms with Crippen LogP contribution >= 0.6 is 0 Å². The van der Waals surface area contributed by atoms with Crippen molar-refractivity contribution >= 4 is 22.7 Å². The average Bonchev–Trinajstić information content (AvgIpc) is 2.98. The Morgan fingerprint density at radius 2 is 1.92 bits per heavy atom. The second-order valence-electron chi connectivity index (χ2n) is 6.75. The lowest BCUT2D eigenvalue weighted by Gasteiger charge is -2.08. The molecule has 0 atom stereocenters. The van der Waals surface area contributed by atoms with Gasteiger partial charge < -0.3 is 9.30 Å². The summed E-state index contributed by atoms with van der Waals surface area (Å²) < 4.78 is 7.70. The molecule has 0 saturated heterocycles. The number of allylic oxidation sites excluding steroid dienone is 1. The number of aryl methyl sites for hydroxylation is 1. The van der Waals surface area contributed by atoms with Gasteiger partial charge in [-0.2, -0.15) is 5.26 Å². The SMILES string of the molecule is CC(C)CCOc1ccc(/C=C(\C#N)c2nc3ccccc3n2C)cc1. The summed E-state index contributed by atoms with van der Waals surface area (Å²) in [6, 6.07) is 18.0. The summed E-state index contributed by atoms with van der Waals surface area (Å²) in [4.78, 5) is 4.60. The zero-order valence-electron chi connectivity index (χ0n) is 15.4. The van der Waals surface area contributed by atoms with Crippen LogP contribution in [0.25, 0.3) is 22.7 Å². The highest BCUT2D eigenvalue weighted by atomic mass is 16.5. The molecule has 1 aromatic heterocycles. The van der Waals surface area contributed by atoms with Crippen molar-refractivity contribution in [2.45, 2.75) is 20.3 Å². The Balaban J connectivity index is 1.82. The van der Waals surface area contributed by atoms with Crippen molar-refractivity contribution in [1.29, 1.82) is 5.26 Å². The number of rotatable bonds is 6. The van der Waals surface area contributed by atoms with Gasteiger partial charge in [0, 0.05) is 7.05 Å². The van der Waals surface area contributed by atoms with E-state index in [1.54, 1.807) is 0 Å². The van der Waals surface area contributed by atoms with E-state index in [1.807, 2.05) is 66.2 Å². The largest absolute Gasteiger partial charge is 0.494 e. The van der Waals surface area contributed by atoms with E-state index >= 15 is 0 Å². The molecule has 0 aliphatic heterocycles. The Labute approximate surface area is 154 Å². The molecule has 0 aliphatic carbocycles. The Bertz CT molecular complexity index is 959. The van der Waals surface area contributed by atoms with Gasteiger partial charge in [-0.15, -0.1) is 0 Å². The highest BCUT2D eigenvalue weighted by Crippen LogP contribution is 2.23. The molecule has 3 aromatic rings. The summed E-state index contributed by atoms with van der Waals surface area (Å²) in [6.07, 6.45) is 2.89. The van der Waals surface area contributed by atoms with Crippen molar-refractivity contribution in [2.75, 3.05) is 6.61 Å². The summed E-state index contributed by atoms with van der Waals surface area (Å²) in [6.45, 7) is 5.08. The Morgan fingerprint density at radius 3 is 2.58 bits per heavy atom. The van der Waals surface area contributed by atoms with Gasteiger partial charge in [-0.25, -0.2) is 4.98 Å². The molecule has 132 valence electrons. The van der Waals surface area contributed by atoms with Crippen molar-refractivity contribution in [1.82, 2.24) is 9.55 Å². The molecular formula is C22H23N3O. The Kier molecular flexibility index (Phi) is 5.38. The summed E-state index contributed by atoms with van der Waals surface area (Å²) in [5.74, 6) is 2.15. The molecule has 0 bridgehead atoms. The molecule has 0 saturated carbocycles. The van der Waals surface area contributed by atoms with Crippen molar-refractivity contribution in [3.05, 3.63) is 59.9 Å². The fourth-order valence-corrected chi connectivity index (χ4v) is 2.77. The molecule has 0 N–H and O–H groups in total. The maximum atomic E-state index is 9.62. The molecule has 0 radical (unpaired) electrons. The zero-order valence-corrected chi connectivity index (χ0v) is 15.4. The zero-order chi connectivity index (χ0) is 18.5. The second kappa shape index (κ2) is 7.88. The van der Waals surface area contributed by atoms with E-state index in [4.69, 9.17) is 4.74 Å². The van der Waals surface area contributed by atoms with Gasteiger partial charge in [0.05, 0.1) is 23.2 Å². The fourth-order valence-electron chi connectivity index (χ4n) is 2.77. The van der Waals surface area contributed by atoms with Crippen LogP contribution in [0.1, 0.15) is 31.7 Å². The molecule has 2 aromatic carbocycles. The lowest BCUT2D eigenvalue weighted by atomic mass is 10.1. The van der Waals surface area contributed by atoms with Gasteiger partial charge in [-0.05, 0) is 48.2 Å². The van der Waals surface area contributed by atoms with Crippen molar-refractivity contribution in [3.8, 4) is 11.8 Å². The number of ether oxygens (including phenoxy) is 1. The van der Waals surface area contributed by atoms with Crippen molar-refractivity contribution in [3.63, 3.8) is 0 Å². The van der Waals surface area contributed by atoms with E-state index in [2.05, 4.69) is 24.9 Å². The maximum absolute atomic E-state index is 9.62. The van der Waals surface area contributed by atoms with Crippen LogP contribution in [0.4, 0.5) is 0 Å². The maximum Gasteiger partial charge on any atom is 0.151 e. The first-order chi connectivity index (χ1) is 12.6. The predicted molar refractivity (Wildman–Crippen MR) is 106 cm³/mol. The quantitative estimate of drug-likeness (QED) is 0.587. The second-order valence-corrected chi connectivity index (χ2v) is 6.75. The number of nitrogens with zero attached hydrogens (tertiary/aromatic N) is 3. The third kappa shape index (κ3) is 3.94. The minimum absolute atomic E-state index is 0.539. The summed E-state index contributed by atoms with van der Waals surface area (Å²) in [5.41, 5.74) is 3.39. The highest BCUT2D eigenvalue weighted by molar-refractivity contribution is 5.90. The van der Waals surface area contributed by atoms with Crippen LogP contribution in [0.15, 0.2) is 48.5 Å². The van der Waals surface area contributed by atoms with Crippen LogP contribution in [0.2, 0.25) is 0 Å². The van der Waals surface area contributed by atoms with E-state index in [9.17, 15) is 5.26 Å². The number of aromatic nitrogens is 2. The number of fused-ring (bicyclic) bond motifs is 1. The predicted octanol–water partition coefficient (Wildman–Crippen LogP) is 5.06. The van der Waals surface area contributed by atoms with Crippen LogP contribution < -0.4 is 4.74 Å².